The lowest BCUT2D eigenvalue weighted by Crippen LogP contribution is -2.34. The maximum absolute atomic E-state index is 12.5. The first-order valence-corrected chi connectivity index (χ1v) is 22.3. The Bertz CT molecular complexity index is 2520. The molecule has 4 N–H and O–H groups in total. The molecule has 0 fully saturated rings. The van der Waals surface area contributed by atoms with Gasteiger partial charge in [0.25, 0.3) is 0 Å². The summed E-state index contributed by atoms with van der Waals surface area (Å²) in [5.41, 5.74) is -0.388. The van der Waals surface area contributed by atoms with E-state index in [1.165, 1.54) is 12.4 Å². The molecule has 0 atom stereocenters. The van der Waals surface area contributed by atoms with Crippen LogP contribution in [0.25, 0.3) is 21.8 Å². The Labute approximate surface area is 403 Å². The third-order valence-electron chi connectivity index (χ3n) is 8.43. The van der Waals surface area contributed by atoms with Crippen LogP contribution >= 0.6 is 22.6 Å². The summed E-state index contributed by atoms with van der Waals surface area (Å²) >= 11 is 2.10. The highest BCUT2D eigenvalue weighted by Gasteiger charge is 2.18. The second-order valence-corrected chi connectivity index (χ2v) is 17.3. The molecule has 0 aliphatic rings. The van der Waals surface area contributed by atoms with Gasteiger partial charge in [-0.05, 0) is 114 Å². The number of fused-ring (bicyclic) bond motifs is 2. The van der Waals surface area contributed by atoms with Crippen LogP contribution in [0.5, 0.6) is 0 Å². The van der Waals surface area contributed by atoms with Crippen LogP contribution < -0.4 is 21.5 Å². The number of ether oxygens (including phenoxy) is 6. The number of nitrogens with one attached hydrogen (secondary N) is 2. The molecule has 0 bridgehead atoms. The maximum Gasteiger partial charge on any atom is 0.407 e. The van der Waals surface area contributed by atoms with Crippen LogP contribution in [0, 0.1) is 27.8 Å². The standard InChI is InChI=1S/C24H30N2O7.C12H10INO3.C12H21NO4/c1-5-26-16-19(22(28)29)21(27)18-15-17(8-9-20(18)26)7-6-11-31-13-14-32-12-10-25-23(30)33-24(2,3)4;1-2-14-6-9(12(16)17)11(15)8-5-7(13)3-4-10(8)14;1-5-7-15-9-10-16-8-6-13-11(14)17-12(2,3)4/h8-9,15-16H,5,10-14H2,1-4H3,(H,25,30)(H,28,29);3-6H,2H2,1H3,(H,16,17);1H,6-10H2,2-4H3,(H,13,14). The lowest BCUT2D eigenvalue weighted by molar-refractivity contribution is 0.0436. The summed E-state index contributed by atoms with van der Waals surface area (Å²) in [6.45, 7) is 19.3. The van der Waals surface area contributed by atoms with Crippen LogP contribution in [-0.4, -0.2) is 121 Å². The fourth-order valence-corrected chi connectivity index (χ4v) is 6.08. The van der Waals surface area contributed by atoms with Crippen molar-refractivity contribution in [2.24, 2.45) is 0 Å². The number of halogens is 1. The van der Waals surface area contributed by atoms with Crippen LogP contribution in [0.15, 0.2) is 58.4 Å². The maximum atomic E-state index is 12.5. The number of terminal acetylenes is 1. The number of aromatic carboxylic acids is 2. The van der Waals surface area contributed by atoms with Gasteiger partial charge < -0.3 is 58.4 Å². The molecule has 0 aliphatic carbocycles. The highest BCUT2D eigenvalue weighted by atomic mass is 127. The Hall–Kier alpha value is -5.97. The third-order valence-corrected chi connectivity index (χ3v) is 9.10. The van der Waals surface area contributed by atoms with Crippen molar-refractivity contribution in [1.82, 2.24) is 19.8 Å². The number of carbonyl (C=O) groups excluding carboxylic acids is 2. The average Bonchev–Trinajstić information content (AvgIpc) is 3.24. The highest BCUT2D eigenvalue weighted by molar-refractivity contribution is 14.1. The van der Waals surface area contributed by atoms with E-state index >= 15 is 0 Å². The van der Waals surface area contributed by atoms with Gasteiger partial charge >= 0.3 is 24.1 Å². The number of carboxylic acids is 2. The summed E-state index contributed by atoms with van der Waals surface area (Å²) in [7, 11) is 0. The SMILES string of the molecule is C#CCOCCOCCNC(=O)OC(C)(C)C.CCn1cc(C(=O)O)c(=O)c2cc(C#CCOCCOCCNC(=O)OC(C)(C)C)ccc21.CCn1cc(C(=O)O)c(=O)c2cc(I)ccc21. The Morgan fingerprint density at radius 3 is 1.52 bits per heavy atom. The molecule has 19 heteroatoms. The second kappa shape index (κ2) is 28.9. The number of aryl methyl sites for hydroxylation is 2. The molecule has 2 amide bonds. The Morgan fingerprint density at radius 2 is 1.09 bits per heavy atom. The number of benzene rings is 2. The number of alkyl carbamates (subject to hydrolysis) is 2. The molecule has 2 heterocycles. The Balaban J connectivity index is 0.000000381. The van der Waals surface area contributed by atoms with Crippen molar-refractivity contribution in [1.29, 1.82) is 0 Å². The lowest BCUT2D eigenvalue weighted by Gasteiger charge is -2.19. The van der Waals surface area contributed by atoms with Crippen LogP contribution in [0.2, 0.25) is 0 Å². The fraction of sp³-hybridized carbons (Fsp3) is 0.458. The molecular weight excluding hydrogens is 983 g/mol. The van der Waals surface area contributed by atoms with Crippen molar-refractivity contribution in [3.05, 3.63) is 89.5 Å². The number of nitrogens with zero attached hydrogens (tertiary/aromatic N) is 2. The number of hydrogen-bond acceptors (Lipinski definition) is 12. The summed E-state index contributed by atoms with van der Waals surface area (Å²) in [5, 5.41) is 24.2. The Kier molecular flexibility index (Phi) is 24.7. The third kappa shape index (κ3) is 21.5. The zero-order valence-corrected chi connectivity index (χ0v) is 41.4. The molecule has 18 nitrogen and oxygen atoms in total. The normalized spacial score (nSPS) is 10.9. The van der Waals surface area contributed by atoms with Crippen molar-refractivity contribution in [2.45, 2.75) is 79.7 Å². The van der Waals surface area contributed by atoms with E-state index in [4.69, 9.17) is 40.0 Å². The molecule has 0 saturated carbocycles. The number of aromatic nitrogens is 2. The number of rotatable bonds is 18. The first-order valence-electron chi connectivity index (χ1n) is 21.3. The van der Waals surface area contributed by atoms with E-state index in [0.29, 0.717) is 94.3 Å². The zero-order chi connectivity index (χ0) is 50.2. The smallest absolute Gasteiger partial charge is 0.407 e. The monoisotopic (exact) mass is 1040 g/mol. The molecule has 4 rings (SSSR count). The van der Waals surface area contributed by atoms with Gasteiger partial charge in [0.05, 0.1) is 50.7 Å². The fourth-order valence-electron chi connectivity index (χ4n) is 5.58. The van der Waals surface area contributed by atoms with E-state index in [1.807, 2.05) is 46.8 Å². The quantitative estimate of drug-likeness (QED) is 0.0499. The van der Waals surface area contributed by atoms with Crippen molar-refractivity contribution in [2.75, 3.05) is 65.9 Å². The average molecular weight is 1040 g/mol. The number of carbonyl (C=O) groups is 4. The van der Waals surface area contributed by atoms with Crippen LogP contribution in [0.3, 0.4) is 0 Å². The van der Waals surface area contributed by atoms with Crippen molar-refractivity contribution in [3.8, 4) is 24.2 Å². The molecule has 364 valence electrons. The van der Waals surface area contributed by atoms with Gasteiger partial charge in [0.15, 0.2) is 0 Å². The number of hydrogen-bond donors (Lipinski definition) is 4. The first kappa shape index (κ1) is 57.2. The second-order valence-electron chi connectivity index (χ2n) is 16.0. The van der Waals surface area contributed by atoms with Crippen molar-refractivity contribution < 1.29 is 57.8 Å². The summed E-state index contributed by atoms with van der Waals surface area (Å²) in [6.07, 6.45) is 6.84. The van der Waals surface area contributed by atoms with Gasteiger partial charge in [-0.3, -0.25) is 9.59 Å². The molecule has 2 aromatic heterocycles. The lowest BCUT2D eigenvalue weighted by atomic mass is 10.1. The molecule has 0 saturated heterocycles. The summed E-state index contributed by atoms with van der Waals surface area (Å²) in [4.78, 5) is 69.5. The van der Waals surface area contributed by atoms with Gasteiger partial charge in [-0.15, -0.1) is 6.42 Å². The van der Waals surface area contributed by atoms with Crippen LogP contribution in [-0.2, 0) is 41.5 Å². The minimum absolute atomic E-state index is 0.173. The Morgan fingerprint density at radius 1 is 0.657 bits per heavy atom. The first-order chi connectivity index (χ1) is 31.6. The van der Waals surface area contributed by atoms with E-state index < -0.39 is 46.2 Å². The topological polar surface area (TPSA) is 232 Å². The van der Waals surface area contributed by atoms with Gasteiger partial charge in [-0.2, -0.15) is 0 Å². The van der Waals surface area contributed by atoms with E-state index in [1.54, 1.807) is 54.2 Å². The highest BCUT2D eigenvalue weighted by Crippen LogP contribution is 2.17. The van der Waals surface area contributed by atoms with Gasteiger partial charge in [-0.1, -0.05) is 17.8 Å². The van der Waals surface area contributed by atoms with E-state index in [-0.39, 0.29) is 17.7 Å². The molecule has 0 spiro atoms. The van der Waals surface area contributed by atoms with E-state index in [9.17, 15) is 33.9 Å². The minimum atomic E-state index is -1.25. The molecule has 0 unspecified atom stereocenters. The van der Waals surface area contributed by atoms with Crippen molar-refractivity contribution >= 4 is 68.5 Å². The molecule has 4 aromatic rings. The summed E-state index contributed by atoms with van der Waals surface area (Å²) in [5.74, 6) is 5.70. The minimum Gasteiger partial charge on any atom is -0.477 e. The predicted octanol–water partition coefficient (Wildman–Crippen LogP) is 6.13. The molecular formula is C48H61IN4O14. The molecule has 0 aliphatic heterocycles. The molecule has 2 aromatic carbocycles. The van der Waals surface area contributed by atoms with Crippen LogP contribution in [0.1, 0.15) is 81.7 Å². The number of carboxylic acid groups (broad SMARTS) is 2. The summed E-state index contributed by atoms with van der Waals surface area (Å²) < 4.78 is 35.5. The zero-order valence-electron chi connectivity index (χ0n) is 39.2. The van der Waals surface area contributed by atoms with E-state index in [2.05, 4.69) is 51.0 Å². The van der Waals surface area contributed by atoms with Gasteiger partial charge in [-0.25, -0.2) is 19.2 Å². The molecule has 67 heavy (non-hydrogen) atoms. The van der Waals surface area contributed by atoms with Gasteiger partial charge in [0.2, 0.25) is 10.9 Å². The van der Waals surface area contributed by atoms with Crippen molar-refractivity contribution in [3.63, 3.8) is 0 Å². The number of pyridine rings is 2. The predicted molar refractivity (Wildman–Crippen MR) is 262 cm³/mol. The summed E-state index contributed by atoms with van der Waals surface area (Å²) in [6, 6.07) is 10.6. The van der Waals surface area contributed by atoms with Gasteiger partial charge in [0, 0.05) is 58.5 Å². The van der Waals surface area contributed by atoms with E-state index in [0.717, 1.165) is 9.09 Å². The van der Waals surface area contributed by atoms with Crippen LogP contribution in [0.4, 0.5) is 9.59 Å². The largest absolute Gasteiger partial charge is 0.477 e. The van der Waals surface area contributed by atoms with Gasteiger partial charge in [0.1, 0.15) is 35.5 Å². The molecule has 0 radical (unpaired) electrons. The number of amides is 2.